The Balaban J connectivity index is 2.35. The molecule has 0 aromatic rings. The Kier molecular flexibility index (Phi) is 5.01. The van der Waals surface area contributed by atoms with Crippen molar-refractivity contribution in [2.45, 2.75) is 12.5 Å². The number of amides is 1. The summed E-state index contributed by atoms with van der Waals surface area (Å²) in [5.41, 5.74) is 5.73. The lowest BCUT2D eigenvalue weighted by Crippen LogP contribution is -2.55. The number of hydrogen-bond donors (Lipinski definition) is 2. The van der Waals surface area contributed by atoms with Gasteiger partial charge in [-0.2, -0.15) is 0 Å². The zero-order valence-electron chi connectivity index (χ0n) is 9.70. The Morgan fingerprint density at radius 2 is 2.27 bits per heavy atom. The number of rotatable bonds is 4. The second-order valence-corrected chi connectivity index (χ2v) is 4.11. The molecule has 0 spiro atoms. The zero-order chi connectivity index (χ0) is 11.3. The first-order valence-electron chi connectivity index (χ1n) is 5.50. The highest BCUT2D eigenvalue weighted by molar-refractivity contribution is 5.75. The fraction of sp³-hybridized carbons (Fsp3) is 0.900. The summed E-state index contributed by atoms with van der Waals surface area (Å²) in [5.74, 6) is 0.102. The number of hydrogen-bond acceptors (Lipinski definition) is 4. The van der Waals surface area contributed by atoms with Crippen LogP contribution in [0, 0.1) is 0 Å². The molecule has 1 atom stereocenters. The predicted molar refractivity (Wildman–Crippen MR) is 60.6 cm³/mol. The summed E-state index contributed by atoms with van der Waals surface area (Å²) in [6.45, 7) is 4.55. The minimum atomic E-state index is 0.102. The third kappa shape index (κ3) is 3.77. The molecule has 0 saturated carbocycles. The van der Waals surface area contributed by atoms with Crippen molar-refractivity contribution in [3.05, 3.63) is 0 Å². The van der Waals surface area contributed by atoms with Gasteiger partial charge in [-0.05, 0) is 7.05 Å². The van der Waals surface area contributed by atoms with Crippen molar-refractivity contribution in [1.29, 1.82) is 0 Å². The van der Waals surface area contributed by atoms with Gasteiger partial charge in [-0.25, -0.2) is 0 Å². The van der Waals surface area contributed by atoms with E-state index in [0.29, 0.717) is 19.0 Å². The van der Waals surface area contributed by atoms with E-state index in [-0.39, 0.29) is 5.91 Å². The van der Waals surface area contributed by atoms with Crippen LogP contribution in [0.25, 0.3) is 0 Å². The molecule has 15 heavy (non-hydrogen) atoms. The number of nitrogens with one attached hydrogen (secondary N) is 1. The number of piperazine rings is 1. The Morgan fingerprint density at radius 3 is 2.87 bits per heavy atom. The molecule has 5 heteroatoms. The van der Waals surface area contributed by atoms with E-state index in [0.717, 1.165) is 26.2 Å². The number of nitrogens with zero attached hydrogens (tertiary/aromatic N) is 2. The highest BCUT2D eigenvalue weighted by Gasteiger charge is 2.23. The molecule has 0 aliphatic carbocycles. The molecule has 0 aromatic heterocycles. The SMILES string of the molecule is CNC(=O)CCN1CCN(C)CC1CN. The smallest absolute Gasteiger partial charge is 0.221 e. The van der Waals surface area contributed by atoms with Gasteiger partial charge in [0.1, 0.15) is 0 Å². The Labute approximate surface area is 91.6 Å². The molecule has 0 bridgehead atoms. The van der Waals surface area contributed by atoms with Gasteiger partial charge >= 0.3 is 0 Å². The van der Waals surface area contributed by atoms with Crippen LogP contribution in [0.4, 0.5) is 0 Å². The molecular weight excluding hydrogens is 192 g/mol. The third-order valence-electron chi connectivity index (χ3n) is 2.98. The number of likely N-dealkylation sites (N-methyl/N-ethyl adjacent to an activating group) is 1. The van der Waals surface area contributed by atoms with Gasteiger partial charge in [0.05, 0.1) is 0 Å². The minimum absolute atomic E-state index is 0.102. The van der Waals surface area contributed by atoms with E-state index in [1.54, 1.807) is 7.05 Å². The Morgan fingerprint density at radius 1 is 1.53 bits per heavy atom. The van der Waals surface area contributed by atoms with E-state index in [2.05, 4.69) is 22.2 Å². The molecule has 0 radical (unpaired) electrons. The summed E-state index contributed by atoms with van der Waals surface area (Å²) >= 11 is 0. The van der Waals surface area contributed by atoms with Gasteiger partial charge < -0.3 is 16.0 Å². The van der Waals surface area contributed by atoms with Crippen LogP contribution in [-0.4, -0.2) is 68.6 Å². The standard InChI is InChI=1S/C10H22N4O/c1-12-10(15)3-4-14-6-5-13(2)8-9(14)7-11/h9H,3-8,11H2,1-2H3,(H,12,15). The van der Waals surface area contributed by atoms with Crippen LogP contribution in [0.3, 0.4) is 0 Å². The fourth-order valence-corrected chi connectivity index (χ4v) is 1.94. The molecule has 1 fully saturated rings. The van der Waals surface area contributed by atoms with Crippen LogP contribution in [0.15, 0.2) is 0 Å². The predicted octanol–water partition coefficient (Wildman–Crippen LogP) is -1.30. The van der Waals surface area contributed by atoms with Crippen molar-refractivity contribution in [3.63, 3.8) is 0 Å². The number of nitrogens with two attached hydrogens (primary N) is 1. The van der Waals surface area contributed by atoms with Crippen LogP contribution >= 0.6 is 0 Å². The molecule has 3 N–H and O–H groups in total. The quantitative estimate of drug-likeness (QED) is 0.610. The van der Waals surface area contributed by atoms with E-state index < -0.39 is 0 Å². The molecule has 1 amide bonds. The van der Waals surface area contributed by atoms with Crippen LogP contribution in [-0.2, 0) is 4.79 Å². The number of carbonyl (C=O) groups excluding carboxylic acids is 1. The summed E-state index contributed by atoms with van der Waals surface area (Å²) in [6, 6.07) is 0.397. The van der Waals surface area contributed by atoms with Gasteiger partial charge in [-0.15, -0.1) is 0 Å². The molecule has 0 aromatic carbocycles. The highest BCUT2D eigenvalue weighted by atomic mass is 16.1. The summed E-state index contributed by atoms with van der Waals surface area (Å²) in [5, 5.41) is 2.64. The van der Waals surface area contributed by atoms with E-state index in [1.165, 1.54) is 0 Å². The minimum Gasteiger partial charge on any atom is -0.359 e. The van der Waals surface area contributed by atoms with Gasteiger partial charge in [0.25, 0.3) is 0 Å². The lowest BCUT2D eigenvalue weighted by atomic mass is 10.1. The van der Waals surface area contributed by atoms with Gasteiger partial charge in [0.15, 0.2) is 0 Å². The molecule has 1 aliphatic rings. The average Bonchev–Trinajstić information content (AvgIpc) is 2.26. The second kappa shape index (κ2) is 6.05. The molecule has 1 aliphatic heterocycles. The average molecular weight is 214 g/mol. The van der Waals surface area contributed by atoms with Crippen LogP contribution < -0.4 is 11.1 Å². The van der Waals surface area contributed by atoms with Crippen molar-refractivity contribution >= 4 is 5.91 Å². The zero-order valence-corrected chi connectivity index (χ0v) is 9.70. The van der Waals surface area contributed by atoms with Crippen molar-refractivity contribution < 1.29 is 4.79 Å². The van der Waals surface area contributed by atoms with Gasteiger partial charge in [-0.1, -0.05) is 0 Å². The summed E-state index contributed by atoms with van der Waals surface area (Å²) in [6.07, 6.45) is 0.566. The highest BCUT2D eigenvalue weighted by Crippen LogP contribution is 2.07. The van der Waals surface area contributed by atoms with Gasteiger partial charge in [-0.3, -0.25) is 9.69 Å². The number of carbonyl (C=O) groups is 1. The third-order valence-corrected chi connectivity index (χ3v) is 2.98. The van der Waals surface area contributed by atoms with Gasteiger partial charge in [0.2, 0.25) is 5.91 Å². The normalized spacial score (nSPS) is 24.1. The lowest BCUT2D eigenvalue weighted by Gasteiger charge is -2.39. The molecule has 1 rings (SSSR count). The second-order valence-electron chi connectivity index (χ2n) is 4.11. The Hall–Kier alpha value is -0.650. The van der Waals surface area contributed by atoms with Crippen molar-refractivity contribution in [1.82, 2.24) is 15.1 Å². The molecule has 1 saturated heterocycles. The molecule has 1 heterocycles. The topological polar surface area (TPSA) is 61.6 Å². The first-order chi connectivity index (χ1) is 7.17. The van der Waals surface area contributed by atoms with Crippen molar-refractivity contribution in [2.24, 2.45) is 5.73 Å². The van der Waals surface area contributed by atoms with Crippen molar-refractivity contribution in [3.8, 4) is 0 Å². The maximum atomic E-state index is 11.1. The monoisotopic (exact) mass is 214 g/mol. The first-order valence-corrected chi connectivity index (χ1v) is 5.50. The van der Waals surface area contributed by atoms with Gasteiger partial charge in [0, 0.05) is 52.2 Å². The maximum Gasteiger partial charge on any atom is 0.221 e. The van der Waals surface area contributed by atoms with Crippen LogP contribution in [0.5, 0.6) is 0 Å². The maximum absolute atomic E-state index is 11.1. The lowest BCUT2D eigenvalue weighted by molar-refractivity contribution is -0.121. The first kappa shape index (κ1) is 12.4. The van der Waals surface area contributed by atoms with E-state index in [1.807, 2.05) is 0 Å². The summed E-state index contributed by atoms with van der Waals surface area (Å²) in [7, 11) is 3.78. The summed E-state index contributed by atoms with van der Waals surface area (Å²) in [4.78, 5) is 15.7. The summed E-state index contributed by atoms with van der Waals surface area (Å²) < 4.78 is 0. The van der Waals surface area contributed by atoms with Crippen LogP contribution in [0.2, 0.25) is 0 Å². The molecule has 1 unspecified atom stereocenters. The largest absolute Gasteiger partial charge is 0.359 e. The van der Waals surface area contributed by atoms with Crippen LogP contribution in [0.1, 0.15) is 6.42 Å². The van der Waals surface area contributed by atoms with E-state index >= 15 is 0 Å². The van der Waals surface area contributed by atoms with E-state index in [4.69, 9.17) is 5.73 Å². The molecule has 88 valence electrons. The molecular formula is C10H22N4O. The Bertz CT molecular complexity index is 210. The van der Waals surface area contributed by atoms with Crippen molar-refractivity contribution in [2.75, 3.05) is 46.8 Å². The van der Waals surface area contributed by atoms with E-state index in [9.17, 15) is 4.79 Å². The molecule has 5 nitrogen and oxygen atoms in total. The fourth-order valence-electron chi connectivity index (χ4n) is 1.94.